The first kappa shape index (κ1) is 13.8. The van der Waals surface area contributed by atoms with Crippen LogP contribution in [0.1, 0.15) is 25.3 Å². The Morgan fingerprint density at radius 3 is 2.11 bits per heavy atom. The number of benzene rings is 2. The summed E-state index contributed by atoms with van der Waals surface area (Å²) in [4.78, 5) is -0.0852. The number of hydrogen-bond acceptors (Lipinski definition) is 2. The summed E-state index contributed by atoms with van der Waals surface area (Å²) >= 11 is 0. The van der Waals surface area contributed by atoms with Crippen LogP contribution < -0.4 is 0 Å². The van der Waals surface area contributed by atoms with Crippen molar-refractivity contribution in [2.45, 2.75) is 24.7 Å². The quantitative estimate of drug-likeness (QED) is 0.869. The zero-order chi connectivity index (χ0) is 14.0. The first-order valence-electron chi connectivity index (χ1n) is 6.06. The van der Waals surface area contributed by atoms with Gasteiger partial charge in [-0.05, 0) is 34.7 Å². The van der Waals surface area contributed by atoms with Gasteiger partial charge in [0.15, 0.2) is 0 Å². The van der Waals surface area contributed by atoms with E-state index in [2.05, 4.69) is 13.8 Å². The van der Waals surface area contributed by atoms with Crippen molar-refractivity contribution in [1.29, 1.82) is 0 Å². The summed E-state index contributed by atoms with van der Waals surface area (Å²) < 4.78 is 31.3. The molecule has 19 heavy (non-hydrogen) atoms. The van der Waals surface area contributed by atoms with Gasteiger partial charge in [0.05, 0.1) is 4.90 Å². The lowest BCUT2D eigenvalue weighted by atomic mass is 9.99. The highest BCUT2D eigenvalue weighted by Crippen LogP contribution is 2.24. The predicted molar refractivity (Wildman–Crippen MR) is 75.8 cm³/mol. The van der Waals surface area contributed by atoms with E-state index in [-0.39, 0.29) is 4.90 Å². The fourth-order valence-electron chi connectivity index (χ4n) is 1.90. The Bertz CT molecular complexity index is 671. The summed E-state index contributed by atoms with van der Waals surface area (Å²) in [5, 5.41) is 0. The highest BCUT2D eigenvalue weighted by Gasteiger charge is 2.10. The minimum Gasteiger partial charge on any atom is -0.282 e. The molecule has 2 aromatic carbocycles. The SMILES string of the molecule is CC(C)c1ccc(-c2cccc(S(=O)(=O)O)c2)cc1. The van der Waals surface area contributed by atoms with Crippen LogP contribution in [0.25, 0.3) is 11.1 Å². The van der Waals surface area contributed by atoms with Crippen molar-refractivity contribution >= 4 is 10.1 Å². The summed E-state index contributed by atoms with van der Waals surface area (Å²) in [5.74, 6) is 0.457. The van der Waals surface area contributed by atoms with Gasteiger partial charge in [-0.1, -0.05) is 50.2 Å². The Morgan fingerprint density at radius 2 is 1.58 bits per heavy atom. The molecule has 0 radical (unpaired) electrons. The van der Waals surface area contributed by atoms with Gasteiger partial charge in [0.2, 0.25) is 0 Å². The first-order chi connectivity index (χ1) is 8.88. The predicted octanol–water partition coefficient (Wildman–Crippen LogP) is 3.72. The minimum atomic E-state index is -4.15. The molecule has 2 aromatic rings. The second kappa shape index (κ2) is 5.15. The molecule has 2 rings (SSSR count). The van der Waals surface area contributed by atoms with Crippen molar-refractivity contribution in [2.75, 3.05) is 0 Å². The summed E-state index contributed by atoms with van der Waals surface area (Å²) in [6.45, 7) is 4.24. The molecule has 0 fully saturated rings. The van der Waals surface area contributed by atoms with Crippen molar-refractivity contribution in [1.82, 2.24) is 0 Å². The lowest BCUT2D eigenvalue weighted by Gasteiger charge is -2.07. The Morgan fingerprint density at radius 1 is 0.947 bits per heavy atom. The van der Waals surface area contributed by atoms with E-state index in [1.54, 1.807) is 6.07 Å². The summed E-state index contributed by atoms with van der Waals surface area (Å²) in [7, 11) is -4.15. The Kier molecular flexibility index (Phi) is 3.73. The van der Waals surface area contributed by atoms with Crippen LogP contribution in [0.5, 0.6) is 0 Å². The van der Waals surface area contributed by atoms with Crippen LogP contribution in [0.15, 0.2) is 53.4 Å². The zero-order valence-electron chi connectivity index (χ0n) is 10.9. The van der Waals surface area contributed by atoms with Crippen LogP contribution >= 0.6 is 0 Å². The molecular formula is C15H16O3S. The van der Waals surface area contributed by atoms with Crippen LogP contribution in [0.3, 0.4) is 0 Å². The van der Waals surface area contributed by atoms with E-state index in [0.717, 1.165) is 11.1 Å². The van der Waals surface area contributed by atoms with Crippen LogP contribution in [0.4, 0.5) is 0 Å². The topological polar surface area (TPSA) is 54.4 Å². The van der Waals surface area contributed by atoms with E-state index in [1.807, 2.05) is 30.3 Å². The summed E-state index contributed by atoms with van der Waals surface area (Å²) in [5.41, 5.74) is 2.93. The molecule has 0 bridgehead atoms. The van der Waals surface area contributed by atoms with Gasteiger partial charge in [0, 0.05) is 0 Å². The molecule has 0 atom stereocenters. The summed E-state index contributed by atoms with van der Waals surface area (Å²) in [6, 6.07) is 14.3. The van der Waals surface area contributed by atoms with Crippen LogP contribution in [0, 0.1) is 0 Å². The molecule has 3 nitrogen and oxygen atoms in total. The van der Waals surface area contributed by atoms with Crippen LogP contribution in [0.2, 0.25) is 0 Å². The molecule has 0 saturated carbocycles. The Labute approximate surface area is 113 Å². The molecule has 0 amide bonds. The maximum absolute atomic E-state index is 11.1. The lowest BCUT2D eigenvalue weighted by molar-refractivity contribution is 0.483. The Balaban J connectivity index is 2.42. The molecular weight excluding hydrogens is 260 g/mol. The van der Waals surface area contributed by atoms with Gasteiger partial charge >= 0.3 is 0 Å². The second-order valence-electron chi connectivity index (χ2n) is 4.78. The molecule has 4 heteroatoms. The fourth-order valence-corrected chi connectivity index (χ4v) is 2.42. The van der Waals surface area contributed by atoms with Gasteiger partial charge in [-0.2, -0.15) is 8.42 Å². The van der Waals surface area contributed by atoms with Crippen molar-refractivity contribution in [3.8, 4) is 11.1 Å². The average molecular weight is 276 g/mol. The molecule has 0 aliphatic rings. The van der Waals surface area contributed by atoms with Crippen molar-refractivity contribution in [3.63, 3.8) is 0 Å². The van der Waals surface area contributed by atoms with Crippen molar-refractivity contribution in [3.05, 3.63) is 54.1 Å². The monoisotopic (exact) mass is 276 g/mol. The molecule has 0 aliphatic heterocycles. The highest BCUT2D eigenvalue weighted by molar-refractivity contribution is 7.85. The van der Waals surface area contributed by atoms with Gasteiger partial charge in [-0.25, -0.2) is 0 Å². The van der Waals surface area contributed by atoms with E-state index >= 15 is 0 Å². The number of hydrogen-bond donors (Lipinski definition) is 1. The third-order valence-corrected chi connectivity index (χ3v) is 3.89. The fraction of sp³-hybridized carbons (Fsp3) is 0.200. The molecule has 0 unspecified atom stereocenters. The molecule has 0 spiro atoms. The molecule has 0 aliphatic carbocycles. The van der Waals surface area contributed by atoms with Crippen LogP contribution in [-0.2, 0) is 10.1 Å². The standard InChI is InChI=1S/C15H16O3S/c1-11(2)12-6-8-13(9-7-12)14-4-3-5-15(10-14)19(16,17)18/h3-11H,1-2H3,(H,16,17,18). The third-order valence-electron chi connectivity index (χ3n) is 3.04. The van der Waals surface area contributed by atoms with E-state index in [0.29, 0.717) is 5.92 Å². The maximum Gasteiger partial charge on any atom is 0.294 e. The first-order valence-corrected chi connectivity index (χ1v) is 7.50. The molecule has 1 N–H and O–H groups in total. The highest BCUT2D eigenvalue weighted by atomic mass is 32.2. The Hall–Kier alpha value is -1.65. The van der Waals surface area contributed by atoms with E-state index in [4.69, 9.17) is 4.55 Å². The van der Waals surface area contributed by atoms with Crippen molar-refractivity contribution < 1.29 is 13.0 Å². The lowest BCUT2D eigenvalue weighted by Crippen LogP contribution is -1.97. The van der Waals surface area contributed by atoms with Gasteiger partial charge in [-0.3, -0.25) is 4.55 Å². The number of rotatable bonds is 3. The van der Waals surface area contributed by atoms with E-state index < -0.39 is 10.1 Å². The smallest absolute Gasteiger partial charge is 0.282 e. The average Bonchev–Trinajstić information content (AvgIpc) is 2.38. The zero-order valence-corrected chi connectivity index (χ0v) is 11.7. The van der Waals surface area contributed by atoms with Gasteiger partial charge in [-0.15, -0.1) is 0 Å². The largest absolute Gasteiger partial charge is 0.294 e. The van der Waals surface area contributed by atoms with Gasteiger partial charge < -0.3 is 0 Å². The third kappa shape index (κ3) is 3.22. The van der Waals surface area contributed by atoms with Gasteiger partial charge in [0.25, 0.3) is 10.1 Å². The molecule has 0 saturated heterocycles. The van der Waals surface area contributed by atoms with E-state index in [1.165, 1.54) is 17.7 Å². The van der Waals surface area contributed by atoms with Crippen molar-refractivity contribution in [2.24, 2.45) is 0 Å². The van der Waals surface area contributed by atoms with Crippen LogP contribution in [-0.4, -0.2) is 13.0 Å². The maximum atomic E-state index is 11.1. The molecule has 0 aromatic heterocycles. The summed E-state index contributed by atoms with van der Waals surface area (Å²) in [6.07, 6.45) is 0. The van der Waals surface area contributed by atoms with E-state index in [9.17, 15) is 8.42 Å². The minimum absolute atomic E-state index is 0.0852. The second-order valence-corrected chi connectivity index (χ2v) is 6.20. The molecule has 0 heterocycles. The normalized spacial score (nSPS) is 11.8. The molecule has 100 valence electrons. The van der Waals surface area contributed by atoms with Gasteiger partial charge in [0.1, 0.15) is 0 Å².